The van der Waals surface area contributed by atoms with E-state index in [0.717, 1.165) is 15.9 Å². The number of aromatic nitrogens is 2. The Labute approximate surface area is 165 Å². The van der Waals surface area contributed by atoms with E-state index in [1.165, 1.54) is 0 Å². The molecule has 0 fully saturated rings. The lowest BCUT2D eigenvalue weighted by molar-refractivity contribution is 0.102. The molecule has 2 heterocycles. The monoisotopic (exact) mass is 427 g/mol. The molecule has 7 heteroatoms. The Kier molecular flexibility index (Phi) is 4.61. The lowest BCUT2D eigenvalue weighted by Gasteiger charge is -2.20. The number of halogens is 1. The topological polar surface area (TPSA) is 65.4 Å². The second kappa shape index (κ2) is 7.08. The number of para-hydroxylation sites is 1. The quantitative estimate of drug-likeness (QED) is 0.677. The molecule has 0 spiro atoms. The largest absolute Gasteiger partial charge is 0.486 e. The first kappa shape index (κ1) is 17.6. The van der Waals surface area contributed by atoms with E-state index < -0.39 is 0 Å². The van der Waals surface area contributed by atoms with Crippen molar-refractivity contribution < 1.29 is 14.3 Å². The summed E-state index contributed by atoms with van der Waals surface area (Å²) in [7, 11) is 0. The number of benzene rings is 2. The molecule has 0 saturated carbocycles. The minimum atomic E-state index is -0.218. The number of anilines is 1. The van der Waals surface area contributed by atoms with Crippen LogP contribution in [0.4, 0.5) is 5.69 Å². The average molecular weight is 428 g/mol. The van der Waals surface area contributed by atoms with E-state index in [4.69, 9.17) is 9.47 Å². The predicted octanol–water partition coefficient (Wildman–Crippen LogP) is 4.28. The van der Waals surface area contributed by atoms with Gasteiger partial charge in [0.1, 0.15) is 13.2 Å². The Morgan fingerprint density at radius 3 is 2.48 bits per heavy atom. The van der Waals surface area contributed by atoms with E-state index in [0.29, 0.717) is 41.7 Å². The number of nitrogens with one attached hydrogen (secondary N) is 1. The molecule has 0 unspecified atom stereocenters. The van der Waals surface area contributed by atoms with Crippen LogP contribution in [-0.4, -0.2) is 28.9 Å². The Balaban J connectivity index is 1.66. The Hall–Kier alpha value is -2.80. The number of hydrogen-bond donors (Lipinski definition) is 1. The molecule has 1 aliphatic rings. The fraction of sp³-hybridized carbons (Fsp3) is 0.200. The van der Waals surface area contributed by atoms with E-state index in [2.05, 4.69) is 26.3 Å². The molecular formula is C20H18BrN3O3. The van der Waals surface area contributed by atoms with Crippen molar-refractivity contribution in [2.75, 3.05) is 18.5 Å². The number of aryl methyl sites for hydroxylation is 1. The molecule has 0 bridgehead atoms. The van der Waals surface area contributed by atoms with Crippen LogP contribution >= 0.6 is 15.9 Å². The molecule has 4 rings (SSSR count). The number of ether oxygens (including phenoxy) is 2. The number of nitrogens with zero attached hydrogens (tertiary/aromatic N) is 2. The van der Waals surface area contributed by atoms with Crippen LogP contribution in [0.15, 0.2) is 46.9 Å². The SMILES string of the molecule is Cc1nn(-c2ccccc2)c(C)c1C(=O)Nc1cc2c(cc1Br)OCCO2. The van der Waals surface area contributed by atoms with Gasteiger partial charge in [0, 0.05) is 16.6 Å². The molecule has 0 saturated heterocycles. The van der Waals surface area contributed by atoms with Gasteiger partial charge in [-0.1, -0.05) is 18.2 Å². The lowest BCUT2D eigenvalue weighted by atomic mass is 10.1. The van der Waals surface area contributed by atoms with E-state index >= 15 is 0 Å². The minimum Gasteiger partial charge on any atom is -0.486 e. The smallest absolute Gasteiger partial charge is 0.259 e. The van der Waals surface area contributed by atoms with Crippen molar-refractivity contribution in [3.05, 3.63) is 63.9 Å². The summed E-state index contributed by atoms with van der Waals surface area (Å²) in [5, 5.41) is 7.48. The molecular weight excluding hydrogens is 410 g/mol. The molecule has 1 aliphatic heterocycles. The lowest BCUT2D eigenvalue weighted by Crippen LogP contribution is -2.17. The molecule has 0 radical (unpaired) electrons. The summed E-state index contributed by atoms with van der Waals surface area (Å²) in [4.78, 5) is 13.0. The number of amides is 1. The zero-order chi connectivity index (χ0) is 19.0. The summed E-state index contributed by atoms with van der Waals surface area (Å²) in [6.45, 7) is 4.73. The predicted molar refractivity (Wildman–Crippen MR) is 106 cm³/mol. The van der Waals surface area contributed by atoms with Gasteiger partial charge in [0.25, 0.3) is 5.91 Å². The molecule has 3 aromatic rings. The van der Waals surface area contributed by atoms with Crippen molar-refractivity contribution in [1.82, 2.24) is 9.78 Å². The van der Waals surface area contributed by atoms with Gasteiger partial charge < -0.3 is 14.8 Å². The summed E-state index contributed by atoms with van der Waals surface area (Å²) in [5.74, 6) is 1.06. The highest BCUT2D eigenvalue weighted by atomic mass is 79.9. The first-order chi connectivity index (χ1) is 13.0. The fourth-order valence-corrected chi connectivity index (χ4v) is 3.56. The van der Waals surface area contributed by atoms with Crippen molar-refractivity contribution in [1.29, 1.82) is 0 Å². The van der Waals surface area contributed by atoms with Crippen LogP contribution in [0.2, 0.25) is 0 Å². The summed E-state index contributed by atoms with van der Waals surface area (Å²) >= 11 is 3.48. The highest BCUT2D eigenvalue weighted by molar-refractivity contribution is 9.10. The van der Waals surface area contributed by atoms with Crippen molar-refractivity contribution >= 4 is 27.5 Å². The normalized spacial score (nSPS) is 12.7. The standard InChI is InChI=1S/C20H18BrN3O3/c1-12-19(13(2)24(23-12)14-6-4-3-5-7-14)20(25)22-16-11-18-17(10-15(16)21)26-8-9-27-18/h3-7,10-11H,8-9H2,1-2H3,(H,22,25). The molecule has 0 aliphatic carbocycles. The zero-order valence-electron chi connectivity index (χ0n) is 15.0. The average Bonchev–Trinajstić information content (AvgIpc) is 2.97. The third-order valence-electron chi connectivity index (χ3n) is 4.40. The zero-order valence-corrected chi connectivity index (χ0v) is 16.5. The van der Waals surface area contributed by atoms with Gasteiger partial charge in [-0.2, -0.15) is 5.10 Å². The van der Waals surface area contributed by atoms with E-state index in [9.17, 15) is 4.79 Å². The van der Waals surface area contributed by atoms with Gasteiger partial charge >= 0.3 is 0 Å². The number of carbonyl (C=O) groups excluding carboxylic acids is 1. The minimum absolute atomic E-state index is 0.218. The first-order valence-corrected chi connectivity index (χ1v) is 9.36. The molecule has 1 N–H and O–H groups in total. The maximum Gasteiger partial charge on any atom is 0.259 e. The second-order valence-corrected chi connectivity index (χ2v) is 7.08. The molecule has 27 heavy (non-hydrogen) atoms. The van der Waals surface area contributed by atoms with E-state index in [1.54, 1.807) is 16.8 Å². The summed E-state index contributed by atoms with van der Waals surface area (Å²) in [6.07, 6.45) is 0. The van der Waals surface area contributed by atoms with Crippen LogP contribution in [0.3, 0.4) is 0 Å². The molecule has 1 aromatic heterocycles. The second-order valence-electron chi connectivity index (χ2n) is 6.22. The molecule has 138 valence electrons. The maximum atomic E-state index is 13.0. The third kappa shape index (κ3) is 3.30. The van der Waals surface area contributed by atoms with Crippen LogP contribution in [-0.2, 0) is 0 Å². The molecule has 0 atom stereocenters. The maximum absolute atomic E-state index is 13.0. The number of carbonyl (C=O) groups is 1. The van der Waals surface area contributed by atoms with Crippen molar-refractivity contribution in [2.45, 2.75) is 13.8 Å². The highest BCUT2D eigenvalue weighted by Crippen LogP contribution is 2.38. The Morgan fingerprint density at radius 2 is 1.78 bits per heavy atom. The van der Waals surface area contributed by atoms with E-state index in [1.807, 2.05) is 44.2 Å². The van der Waals surface area contributed by atoms with Crippen LogP contribution in [0.5, 0.6) is 11.5 Å². The Bertz CT molecular complexity index is 1020. The van der Waals surface area contributed by atoms with Crippen LogP contribution in [0, 0.1) is 13.8 Å². The molecule has 6 nitrogen and oxygen atoms in total. The van der Waals surface area contributed by atoms with Gasteiger partial charge in [-0.25, -0.2) is 4.68 Å². The van der Waals surface area contributed by atoms with Gasteiger partial charge in [0.2, 0.25) is 0 Å². The molecule has 2 aromatic carbocycles. The van der Waals surface area contributed by atoms with Gasteiger partial charge in [-0.15, -0.1) is 0 Å². The number of hydrogen-bond acceptors (Lipinski definition) is 4. The fourth-order valence-electron chi connectivity index (χ4n) is 3.14. The van der Waals surface area contributed by atoms with Crippen LogP contribution < -0.4 is 14.8 Å². The summed E-state index contributed by atoms with van der Waals surface area (Å²) in [6, 6.07) is 13.3. The van der Waals surface area contributed by atoms with Gasteiger partial charge in [-0.05, 0) is 41.9 Å². The van der Waals surface area contributed by atoms with Gasteiger partial charge in [-0.3, -0.25) is 4.79 Å². The number of fused-ring (bicyclic) bond motifs is 1. The Morgan fingerprint density at radius 1 is 1.11 bits per heavy atom. The third-order valence-corrected chi connectivity index (χ3v) is 5.06. The first-order valence-electron chi connectivity index (χ1n) is 8.56. The van der Waals surface area contributed by atoms with E-state index in [-0.39, 0.29) is 5.91 Å². The summed E-state index contributed by atoms with van der Waals surface area (Å²) < 4.78 is 13.7. The van der Waals surface area contributed by atoms with Gasteiger partial charge in [0.15, 0.2) is 11.5 Å². The highest BCUT2D eigenvalue weighted by Gasteiger charge is 2.22. The number of rotatable bonds is 3. The van der Waals surface area contributed by atoms with Crippen LogP contribution in [0.1, 0.15) is 21.7 Å². The van der Waals surface area contributed by atoms with Gasteiger partial charge in [0.05, 0.1) is 28.3 Å². The summed E-state index contributed by atoms with van der Waals surface area (Å²) in [5.41, 5.74) is 3.54. The van der Waals surface area contributed by atoms with Crippen LogP contribution in [0.25, 0.3) is 5.69 Å². The van der Waals surface area contributed by atoms with Crippen molar-refractivity contribution in [3.8, 4) is 17.2 Å². The molecule has 1 amide bonds. The van der Waals surface area contributed by atoms with Crippen molar-refractivity contribution in [2.24, 2.45) is 0 Å². The van der Waals surface area contributed by atoms with Crippen molar-refractivity contribution in [3.63, 3.8) is 0 Å².